The molecule has 1 N–H and O–H groups in total. The lowest BCUT2D eigenvalue weighted by Gasteiger charge is -2.10. The van der Waals surface area contributed by atoms with Crippen molar-refractivity contribution in [2.75, 3.05) is 19.5 Å². The second kappa shape index (κ2) is 6.51. The van der Waals surface area contributed by atoms with E-state index < -0.39 is 0 Å². The van der Waals surface area contributed by atoms with Crippen LogP contribution in [0, 0.1) is 6.92 Å². The van der Waals surface area contributed by atoms with Gasteiger partial charge in [0.2, 0.25) is 0 Å². The Morgan fingerprint density at radius 3 is 2.41 bits per heavy atom. The quantitative estimate of drug-likeness (QED) is 0.922. The number of hydrogen-bond donors (Lipinski definition) is 1. The minimum atomic E-state index is -0.255. The first-order chi connectivity index (χ1) is 10.5. The largest absolute Gasteiger partial charge is 0.493 e. The van der Waals surface area contributed by atoms with Gasteiger partial charge >= 0.3 is 0 Å². The van der Waals surface area contributed by atoms with Crippen LogP contribution in [0.1, 0.15) is 36.1 Å². The number of methoxy groups -OCH3 is 2. The maximum Gasteiger partial charge on any atom is 0.276 e. The average molecular weight is 303 g/mol. The Hall–Kier alpha value is -2.50. The maximum atomic E-state index is 12.3. The zero-order valence-electron chi connectivity index (χ0n) is 13.5. The summed E-state index contributed by atoms with van der Waals surface area (Å²) < 4.78 is 12.2. The zero-order valence-corrected chi connectivity index (χ0v) is 13.5. The van der Waals surface area contributed by atoms with Crippen molar-refractivity contribution in [2.45, 2.75) is 26.8 Å². The Morgan fingerprint density at radius 1 is 1.18 bits per heavy atom. The molecule has 2 aromatic rings. The van der Waals surface area contributed by atoms with E-state index in [0.717, 1.165) is 5.69 Å². The van der Waals surface area contributed by atoms with Crippen LogP contribution in [0.5, 0.6) is 11.5 Å². The number of carbonyl (C=O) groups is 1. The maximum absolute atomic E-state index is 12.3. The fraction of sp³-hybridized carbons (Fsp3) is 0.375. The number of amides is 1. The molecule has 0 aliphatic heterocycles. The average Bonchev–Trinajstić information content (AvgIpc) is 2.89. The van der Waals surface area contributed by atoms with Crippen molar-refractivity contribution in [3.05, 3.63) is 35.7 Å². The van der Waals surface area contributed by atoms with Crippen LogP contribution < -0.4 is 14.8 Å². The third-order valence-electron chi connectivity index (χ3n) is 3.29. The summed E-state index contributed by atoms with van der Waals surface area (Å²) in [5.41, 5.74) is 1.97. The summed E-state index contributed by atoms with van der Waals surface area (Å²) in [6.07, 6.45) is 0. The lowest BCUT2D eigenvalue weighted by Crippen LogP contribution is -2.14. The molecule has 6 nitrogen and oxygen atoms in total. The van der Waals surface area contributed by atoms with Crippen LogP contribution >= 0.6 is 0 Å². The molecule has 1 heterocycles. The number of aromatic nitrogens is 2. The highest BCUT2D eigenvalue weighted by Gasteiger charge is 2.15. The van der Waals surface area contributed by atoms with E-state index in [9.17, 15) is 4.79 Å². The first-order valence-corrected chi connectivity index (χ1v) is 7.05. The number of carbonyl (C=O) groups excluding carboxylic acids is 1. The van der Waals surface area contributed by atoms with E-state index in [1.54, 1.807) is 38.5 Å². The molecule has 0 saturated heterocycles. The van der Waals surface area contributed by atoms with Crippen LogP contribution in [0.2, 0.25) is 0 Å². The summed E-state index contributed by atoms with van der Waals surface area (Å²) in [6, 6.07) is 7.19. The molecule has 0 unspecified atom stereocenters. The van der Waals surface area contributed by atoms with Crippen LogP contribution in [0.15, 0.2) is 24.3 Å². The number of hydrogen-bond acceptors (Lipinski definition) is 4. The molecular weight excluding hydrogens is 282 g/mol. The van der Waals surface area contributed by atoms with Crippen molar-refractivity contribution in [2.24, 2.45) is 0 Å². The Morgan fingerprint density at radius 2 is 1.86 bits per heavy atom. The number of nitrogens with zero attached hydrogens (tertiary/aromatic N) is 2. The standard InChI is InChI=1S/C16H21N3O3/c1-10(2)19-11(3)8-13(18-19)16(20)17-12-6-7-14(21-4)15(9-12)22-5/h6-10H,1-5H3,(H,17,20). The molecule has 0 atom stereocenters. The molecule has 1 amide bonds. The van der Waals surface area contributed by atoms with Gasteiger partial charge in [0.1, 0.15) is 0 Å². The highest BCUT2D eigenvalue weighted by atomic mass is 16.5. The predicted molar refractivity (Wildman–Crippen MR) is 84.8 cm³/mol. The van der Waals surface area contributed by atoms with E-state index in [0.29, 0.717) is 22.9 Å². The summed E-state index contributed by atoms with van der Waals surface area (Å²) in [6.45, 7) is 5.98. The van der Waals surface area contributed by atoms with Crippen molar-refractivity contribution < 1.29 is 14.3 Å². The van der Waals surface area contributed by atoms with E-state index in [1.807, 2.05) is 25.5 Å². The molecule has 0 bridgehead atoms. The van der Waals surface area contributed by atoms with Gasteiger partial charge in [-0.1, -0.05) is 0 Å². The van der Waals surface area contributed by atoms with E-state index in [1.165, 1.54) is 0 Å². The van der Waals surface area contributed by atoms with Gasteiger partial charge < -0.3 is 14.8 Å². The van der Waals surface area contributed by atoms with Gasteiger partial charge in [-0.3, -0.25) is 9.48 Å². The summed E-state index contributed by atoms with van der Waals surface area (Å²) in [4.78, 5) is 12.3. The number of nitrogens with one attached hydrogen (secondary N) is 1. The van der Waals surface area contributed by atoms with Gasteiger partial charge in [-0.05, 0) is 39.0 Å². The van der Waals surface area contributed by atoms with Crippen molar-refractivity contribution >= 4 is 11.6 Å². The molecule has 118 valence electrons. The third-order valence-corrected chi connectivity index (χ3v) is 3.29. The lowest BCUT2D eigenvalue weighted by molar-refractivity contribution is 0.102. The molecule has 6 heteroatoms. The number of benzene rings is 1. The van der Waals surface area contributed by atoms with Gasteiger partial charge in [0.25, 0.3) is 5.91 Å². The second-order valence-corrected chi connectivity index (χ2v) is 5.23. The SMILES string of the molecule is COc1ccc(NC(=O)c2cc(C)n(C(C)C)n2)cc1OC. The molecule has 0 aliphatic rings. The fourth-order valence-electron chi connectivity index (χ4n) is 2.23. The first-order valence-electron chi connectivity index (χ1n) is 7.05. The molecule has 1 aromatic carbocycles. The minimum Gasteiger partial charge on any atom is -0.493 e. The Bertz CT molecular complexity index is 677. The summed E-state index contributed by atoms with van der Waals surface area (Å²) >= 11 is 0. The second-order valence-electron chi connectivity index (χ2n) is 5.23. The molecule has 0 spiro atoms. The van der Waals surface area contributed by atoms with Gasteiger partial charge in [-0.2, -0.15) is 5.10 Å². The molecule has 1 aromatic heterocycles. The van der Waals surface area contributed by atoms with Crippen molar-refractivity contribution in [1.82, 2.24) is 9.78 Å². The van der Waals surface area contributed by atoms with Crippen LogP contribution in [-0.2, 0) is 0 Å². The molecule has 2 rings (SSSR count). The number of aryl methyl sites for hydroxylation is 1. The Kier molecular flexibility index (Phi) is 4.70. The van der Waals surface area contributed by atoms with Crippen LogP contribution in [-0.4, -0.2) is 29.9 Å². The number of anilines is 1. The summed E-state index contributed by atoms with van der Waals surface area (Å²) in [5.74, 6) is 0.916. The zero-order chi connectivity index (χ0) is 16.3. The lowest BCUT2D eigenvalue weighted by atomic mass is 10.2. The topological polar surface area (TPSA) is 65.4 Å². The molecule has 0 fully saturated rings. The van der Waals surface area contributed by atoms with Crippen LogP contribution in [0.25, 0.3) is 0 Å². The smallest absolute Gasteiger partial charge is 0.276 e. The van der Waals surface area contributed by atoms with Crippen molar-refractivity contribution in [3.63, 3.8) is 0 Å². The van der Waals surface area contributed by atoms with Gasteiger partial charge in [0.05, 0.1) is 14.2 Å². The normalized spacial score (nSPS) is 10.6. The molecular formula is C16H21N3O3. The number of rotatable bonds is 5. The number of ether oxygens (including phenoxy) is 2. The minimum absolute atomic E-state index is 0.211. The van der Waals surface area contributed by atoms with Crippen molar-refractivity contribution in [3.8, 4) is 11.5 Å². The third kappa shape index (κ3) is 3.21. The fourth-order valence-corrected chi connectivity index (χ4v) is 2.23. The van der Waals surface area contributed by atoms with Gasteiger partial charge in [0, 0.05) is 23.5 Å². The predicted octanol–water partition coefficient (Wildman–Crippen LogP) is 3.04. The van der Waals surface area contributed by atoms with Gasteiger partial charge in [-0.25, -0.2) is 0 Å². The van der Waals surface area contributed by atoms with Crippen molar-refractivity contribution in [1.29, 1.82) is 0 Å². The molecule has 0 radical (unpaired) electrons. The Balaban J connectivity index is 2.20. The first kappa shape index (κ1) is 15.9. The monoisotopic (exact) mass is 303 g/mol. The van der Waals surface area contributed by atoms with Gasteiger partial charge in [0.15, 0.2) is 17.2 Å². The summed E-state index contributed by atoms with van der Waals surface area (Å²) in [5, 5.41) is 7.14. The molecule has 22 heavy (non-hydrogen) atoms. The summed E-state index contributed by atoms with van der Waals surface area (Å²) in [7, 11) is 3.12. The highest BCUT2D eigenvalue weighted by Crippen LogP contribution is 2.29. The van der Waals surface area contributed by atoms with Crippen LogP contribution in [0.4, 0.5) is 5.69 Å². The van der Waals surface area contributed by atoms with E-state index >= 15 is 0 Å². The van der Waals surface area contributed by atoms with E-state index in [2.05, 4.69) is 10.4 Å². The van der Waals surface area contributed by atoms with E-state index in [-0.39, 0.29) is 11.9 Å². The Labute approximate surface area is 130 Å². The molecule has 0 aliphatic carbocycles. The molecule has 0 saturated carbocycles. The van der Waals surface area contributed by atoms with Crippen LogP contribution in [0.3, 0.4) is 0 Å². The van der Waals surface area contributed by atoms with E-state index in [4.69, 9.17) is 9.47 Å². The van der Waals surface area contributed by atoms with Gasteiger partial charge in [-0.15, -0.1) is 0 Å². The highest BCUT2D eigenvalue weighted by molar-refractivity contribution is 6.03.